The van der Waals surface area contributed by atoms with E-state index in [1.807, 2.05) is 32.9 Å². The third-order valence-electron chi connectivity index (χ3n) is 5.71. The number of anilines is 2. The lowest BCUT2D eigenvalue weighted by molar-refractivity contribution is 0.0978. The molecular weight excluding hydrogens is 396 g/mol. The number of carbonyl (C=O) groups is 2. The molecule has 1 atom stereocenters. The molecule has 1 unspecified atom stereocenters. The zero-order valence-electron chi connectivity index (χ0n) is 19.0. The van der Waals surface area contributed by atoms with E-state index in [1.165, 1.54) is 7.11 Å². The van der Waals surface area contributed by atoms with Crippen molar-refractivity contribution in [2.75, 3.05) is 37.2 Å². The number of hydrogen-bond donors (Lipinski definition) is 0. The Morgan fingerprint density at radius 2 is 1.71 bits per heavy atom. The van der Waals surface area contributed by atoms with Crippen LogP contribution < -0.4 is 19.3 Å². The van der Waals surface area contributed by atoms with Crippen molar-refractivity contribution >= 4 is 23.4 Å². The average Bonchev–Trinajstić information content (AvgIpc) is 2.77. The molecule has 31 heavy (non-hydrogen) atoms. The number of methoxy groups -OCH3 is 2. The van der Waals surface area contributed by atoms with Crippen LogP contribution in [0.2, 0.25) is 0 Å². The highest BCUT2D eigenvalue weighted by Gasteiger charge is 2.38. The fourth-order valence-corrected chi connectivity index (χ4v) is 3.93. The van der Waals surface area contributed by atoms with E-state index in [-0.39, 0.29) is 18.6 Å². The zero-order chi connectivity index (χ0) is 22.7. The number of para-hydroxylation sites is 1. The summed E-state index contributed by atoms with van der Waals surface area (Å²) in [6.45, 7) is 8.41. The second kappa shape index (κ2) is 9.29. The lowest BCUT2D eigenvalue weighted by atomic mass is 9.99. The molecule has 1 aliphatic rings. The molecule has 0 N–H and O–H groups in total. The Labute approximate surface area is 183 Å². The number of nitrogens with zero attached hydrogens (tertiary/aromatic N) is 2. The van der Waals surface area contributed by atoms with Crippen molar-refractivity contribution in [1.29, 1.82) is 0 Å². The van der Waals surface area contributed by atoms with Crippen molar-refractivity contribution in [2.24, 2.45) is 0 Å². The highest BCUT2D eigenvalue weighted by Crippen LogP contribution is 2.41. The molecule has 2 amide bonds. The number of hydrogen-bond acceptors (Lipinski definition) is 5. The summed E-state index contributed by atoms with van der Waals surface area (Å²) in [5.41, 5.74) is 3.83. The van der Waals surface area contributed by atoms with Gasteiger partial charge in [-0.15, -0.1) is 0 Å². The monoisotopic (exact) mass is 426 g/mol. The van der Waals surface area contributed by atoms with E-state index >= 15 is 0 Å². The Kier molecular flexibility index (Phi) is 6.73. The first-order valence-electron chi connectivity index (χ1n) is 10.5. The van der Waals surface area contributed by atoms with E-state index in [0.717, 1.165) is 11.1 Å². The maximum Gasteiger partial charge on any atom is 0.414 e. The van der Waals surface area contributed by atoms with Crippen LogP contribution in [0.1, 0.15) is 41.8 Å². The minimum absolute atomic E-state index is 0.206. The molecule has 0 radical (unpaired) electrons. The van der Waals surface area contributed by atoms with Gasteiger partial charge in [0.05, 0.1) is 43.8 Å². The molecule has 1 heterocycles. The molecule has 7 nitrogen and oxygen atoms in total. The molecule has 0 aromatic heterocycles. The first-order valence-corrected chi connectivity index (χ1v) is 10.5. The van der Waals surface area contributed by atoms with Crippen LogP contribution in [-0.4, -0.2) is 45.4 Å². The van der Waals surface area contributed by atoms with Gasteiger partial charge in [-0.1, -0.05) is 13.0 Å². The second-order valence-corrected chi connectivity index (χ2v) is 7.51. The number of fused-ring (bicyclic) bond motifs is 1. The van der Waals surface area contributed by atoms with E-state index in [9.17, 15) is 9.59 Å². The van der Waals surface area contributed by atoms with Crippen LogP contribution in [0.4, 0.5) is 16.2 Å². The summed E-state index contributed by atoms with van der Waals surface area (Å²) >= 11 is 0. The van der Waals surface area contributed by atoms with E-state index in [1.54, 1.807) is 42.0 Å². The van der Waals surface area contributed by atoms with Gasteiger partial charge >= 0.3 is 6.09 Å². The Morgan fingerprint density at radius 3 is 2.29 bits per heavy atom. The van der Waals surface area contributed by atoms with Crippen LogP contribution in [0.15, 0.2) is 30.3 Å². The van der Waals surface area contributed by atoms with Crippen molar-refractivity contribution in [3.8, 4) is 11.5 Å². The predicted octanol–water partition coefficient (Wildman–Crippen LogP) is 4.72. The molecule has 7 heteroatoms. The number of carbonyl (C=O) groups excluding carboxylic acids is 2. The molecule has 0 fully saturated rings. The van der Waals surface area contributed by atoms with Gasteiger partial charge in [-0.25, -0.2) is 4.79 Å². The number of ether oxygens (including phenoxy) is 3. The molecule has 0 bridgehead atoms. The summed E-state index contributed by atoms with van der Waals surface area (Å²) in [7, 11) is 3.06. The van der Waals surface area contributed by atoms with Crippen molar-refractivity contribution in [2.45, 2.75) is 40.2 Å². The molecule has 166 valence electrons. The van der Waals surface area contributed by atoms with E-state index in [4.69, 9.17) is 14.2 Å². The maximum atomic E-state index is 13.7. The van der Waals surface area contributed by atoms with Crippen molar-refractivity contribution in [1.82, 2.24) is 0 Å². The van der Waals surface area contributed by atoms with Crippen LogP contribution >= 0.6 is 0 Å². The Bertz CT molecular complexity index is 988. The summed E-state index contributed by atoms with van der Waals surface area (Å²) in [4.78, 5) is 30.0. The number of amides is 2. The fraction of sp³-hybridized carbons (Fsp3) is 0.417. The highest BCUT2D eigenvalue weighted by molar-refractivity contribution is 6.12. The van der Waals surface area contributed by atoms with Gasteiger partial charge in [0.2, 0.25) is 0 Å². The van der Waals surface area contributed by atoms with Crippen LogP contribution in [0.5, 0.6) is 11.5 Å². The minimum Gasteiger partial charge on any atom is -0.493 e. The molecular formula is C24H30N2O5. The normalized spacial score (nSPS) is 15.4. The molecule has 2 aromatic rings. The smallest absolute Gasteiger partial charge is 0.414 e. The lowest BCUT2D eigenvalue weighted by Crippen LogP contribution is -2.53. The number of benzene rings is 2. The first-order chi connectivity index (χ1) is 14.9. The van der Waals surface area contributed by atoms with Crippen molar-refractivity contribution < 1.29 is 23.8 Å². The van der Waals surface area contributed by atoms with Gasteiger partial charge in [0.15, 0.2) is 11.5 Å². The highest BCUT2D eigenvalue weighted by atomic mass is 16.6. The van der Waals surface area contributed by atoms with Crippen LogP contribution in [-0.2, 0) is 4.74 Å². The minimum atomic E-state index is -0.398. The standard InChI is InChI=1S/C24H30N2O5/c1-7-17-14-25(23(27)18-10-9-11-21(29-5)22(18)30-6)19-12-15(3)16(4)13-20(19)26(17)24(28)31-8-2/h9-13,17H,7-8,14H2,1-6H3. The molecule has 0 aliphatic carbocycles. The first kappa shape index (κ1) is 22.5. The number of aryl methyl sites for hydroxylation is 2. The third kappa shape index (κ3) is 4.04. The van der Waals surface area contributed by atoms with Crippen molar-refractivity contribution in [3.05, 3.63) is 47.0 Å². The topological polar surface area (TPSA) is 68.3 Å². The predicted molar refractivity (Wildman–Crippen MR) is 121 cm³/mol. The Hall–Kier alpha value is -3.22. The Morgan fingerprint density at radius 1 is 1.03 bits per heavy atom. The van der Waals surface area contributed by atoms with E-state index < -0.39 is 6.09 Å². The quantitative estimate of drug-likeness (QED) is 0.692. The molecule has 0 spiro atoms. The average molecular weight is 427 g/mol. The second-order valence-electron chi connectivity index (χ2n) is 7.51. The molecule has 3 rings (SSSR count). The summed E-state index contributed by atoms with van der Waals surface area (Å²) in [6, 6.07) is 8.93. The van der Waals surface area contributed by atoms with Gasteiger partial charge in [0.25, 0.3) is 5.91 Å². The van der Waals surface area contributed by atoms with Crippen LogP contribution in [0.25, 0.3) is 0 Å². The molecule has 1 aliphatic heterocycles. The van der Waals surface area contributed by atoms with Gasteiger partial charge in [0.1, 0.15) is 0 Å². The SMILES string of the molecule is CCOC(=O)N1c2cc(C)c(C)cc2N(C(=O)c2cccc(OC)c2OC)CC1CC. The van der Waals surface area contributed by atoms with Crippen LogP contribution in [0.3, 0.4) is 0 Å². The summed E-state index contributed by atoms with van der Waals surface area (Å²) in [5.74, 6) is 0.675. The van der Waals surface area contributed by atoms with Crippen molar-refractivity contribution in [3.63, 3.8) is 0 Å². The maximum absolute atomic E-state index is 13.7. The summed E-state index contributed by atoms with van der Waals surface area (Å²) in [5, 5.41) is 0. The third-order valence-corrected chi connectivity index (χ3v) is 5.71. The summed E-state index contributed by atoms with van der Waals surface area (Å²) in [6.07, 6.45) is 0.273. The molecule has 0 saturated heterocycles. The van der Waals surface area contributed by atoms with Gasteiger partial charge in [-0.05, 0) is 62.6 Å². The van der Waals surface area contributed by atoms with Gasteiger partial charge in [0, 0.05) is 6.54 Å². The zero-order valence-corrected chi connectivity index (χ0v) is 19.0. The van der Waals surface area contributed by atoms with Gasteiger partial charge < -0.3 is 19.1 Å². The van der Waals surface area contributed by atoms with Gasteiger partial charge in [-0.2, -0.15) is 0 Å². The lowest BCUT2D eigenvalue weighted by Gasteiger charge is -2.42. The molecule has 2 aromatic carbocycles. The van der Waals surface area contributed by atoms with Crippen LogP contribution in [0, 0.1) is 13.8 Å². The van der Waals surface area contributed by atoms with E-state index in [2.05, 4.69) is 0 Å². The van der Waals surface area contributed by atoms with Gasteiger partial charge in [-0.3, -0.25) is 9.69 Å². The molecule has 0 saturated carbocycles. The number of rotatable bonds is 5. The summed E-state index contributed by atoms with van der Waals surface area (Å²) < 4.78 is 16.2. The largest absolute Gasteiger partial charge is 0.493 e. The Balaban J connectivity index is 2.16. The fourth-order valence-electron chi connectivity index (χ4n) is 3.93. The van der Waals surface area contributed by atoms with E-state index in [0.29, 0.717) is 41.4 Å².